The summed E-state index contributed by atoms with van der Waals surface area (Å²) in [6.45, 7) is 3.37. The highest BCUT2D eigenvalue weighted by atomic mass is 16.7. The molecule has 0 amide bonds. The Labute approximate surface area is 348 Å². The Hall–Kier alpha value is -1.56. The Morgan fingerprint density at radius 3 is 1.44 bits per heavy atom. The predicted octanol–water partition coefficient (Wildman–Crippen LogP) is 10.3. The van der Waals surface area contributed by atoms with E-state index in [1.165, 1.54) is 122 Å². The fraction of sp³-hybridized carbons (Fsp3) is 0.915. The van der Waals surface area contributed by atoms with Gasteiger partial charge in [0.05, 0.1) is 13.2 Å². The lowest BCUT2D eigenvalue weighted by molar-refractivity contribution is -0.305. The second-order valence-electron chi connectivity index (χ2n) is 16.6. The molecule has 0 radical (unpaired) electrons. The van der Waals surface area contributed by atoms with Crippen molar-refractivity contribution in [3.8, 4) is 0 Å². The second-order valence-corrected chi connectivity index (χ2v) is 16.6. The molecule has 4 N–H and O–H groups in total. The van der Waals surface area contributed by atoms with Gasteiger partial charge in [-0.3, -0.25) is 9.59 Å². The van der Waals surface area contributed by atoms with Crippen LogP contribution in [0.1, 0.15) is 219 Å². The zero-order valence-corrected chi connectivity index (χ0v) is 36.6. The third-order valence-electron chi connectivity index (χ3n) is 11.1. The van der Waals surface area contributed by atoms with E-state index >= 15 is 0 Å². The van der Waals surface area contributed by atoms with Crippen LogP contribution in [0.4, 0.5) is 0 Å². The van der Waals surface area contributed by atoms with Crippen LogP contribution in [0.3, 0.4) is 0 Å². The van der Waals surface area contributed by atoms with E-state index in [2.05, 4.69) is 26.0 Å². The highest BCUT2D eigenvalue weighted by Gasteiger charge is 2.44. The maximum atomic E-state index is 12.7. The fourth-order valence-corrected chi connectivity index (χ4v) is 7.37. The van der Waals surface area contributed by atoms with Crippen molar-refractivity contribution in [1.29, 1.82) is 0 Å². The van der Waals surface area contributed by atoms with Gasteiger partial charge in [0.1, 0.15) is 31.0 Å². The minimum Gasteiger partial charge on any atom is -0.462 e. The van der Waals surface area contributed by atoms with Gasteiger partial charge in [0.15, 0.2) is 12.4 Å². The van der Waals surface area contributed by atoms with E-state index in [1.807, 2.05) is 0 Å². The quantitative estimate of drug-likeness (QED) is 0.0267. The molecule has 1 heterocycles. The first-order valence-corrected chi connectivity index (χ1v) is 23.8. The molecule has 6 atom stereocenters. The van der Waals surface area contributed by atoms with Crippen molar-refractivity contribution in [3.05, 3.63) is 12.2 Å². The van der Waals surface area contributed by atoms with Gasteiger partial charge in [0.25, 0.3) is 0 Å². The van der Waals surface area contributed by atoms with Gasteiger partial charge in [-0.05, 0) is 32.1 Å². The topological polar surface area (TPSA) is 152 Å². The van der Waals surface area contributed by atoms with Gasteiger partial charge in [0.2, 0.25) is 0 Å². The molecule has 6 unspecified atom stereocenters. The van der Waals surface area contributed by atoms with E-state index in [-0.39, 0.29) is 32.0 Å². The number of carbonyl (C=O) groups excluding carboxylic acids is 2. The van der Waals surface area contributed by atoms with Crippen molar-refractivity contribution in [1.82, 2.24) is 0 Å². The first-order chi connectivity index (χ1) is 27.8. The van der Waals surface area contributed by atoms with Gasteiger partial charge >= 0.3 is 11.9 Å². The number of hydrogen-bond donors (Lipinski definition) is 4. The smallest absolute Gasteiger partial charge is 0.306 e. The van der Waals surface area contributed by atoms with Crippen molar-refractivity contribution in [2.75, 3.05) is 19.8 Å². The molecule has 1 saturated heterocycles. The van der Waals surface area contributed by atoms with Gasteiger partial charge < -0.3 is 39.4 Å². The van der Waals surface area contributed by atoms with Crippen molar-refractivity contribution < 1.29 is 49.0 Å². The van der Waals surface area contributed by atoms with E-state index in [0.717, 1.165) is 64.2 Å². The average molecular weight is 813 g/mol. The minimum atomic E-state index is -1.59. The van der Waals surface area contributed by atoms with E-state index in [4.69, 9.17) is 18.9 Å². The van der Waals surface area contributed by atoms with E-state index in [0.29, 0.717) is 6.42 Å². The maximum Gasteiger partial charge on any atom is 0.306 e. The summed E-state index contributed by atoms with van der Waals surface area (Å²) in [5.41, 5.74) is 0. The molecular weight excluding hydrogens is 725 g/mol. The van der Waals surface area contributed by atoms with Crippen LogP contribution >= 0.6 is 0 Å². The molecule has 0 aromatic carbocycles. The molecule has 0 bridgehead atoms. The van der Waals surface area contributed by atoms with Crippen LogP contribution < -0.4 is 0 Å². The number of unbranched alkanes of at least 4 members (excludes halogenated alkanes) is 27. The number of rotatable bonds is 40. The van der Waals surface area contributed by atoms with Crippen molar-refractivity contribution in [2.24, 2.45) is 0 Å². The van der Waals surface area contributed by atoms with Crippen LogP contribution in [-0.2, 0) is 28.5 Å². The number of allylic oxidation sites excluding steroid dienone is 2. The molecular formula is C47H88O10. The minimum absolute atomic E-state index is 0.215. The Morgan fingerprint density at radius 1 is 0.526 bits per heavy atom. The van der Waals surface area contributed by atoms with Gasteiger partial charge in [-0.2, -0.15) is 0 Å². The summed E-state index contributed by atoms with van der Waals surface area (Å²) in [4.78, 5) is 25.3. The number of esters is 2. The zero-order valence-electron chi connectivity index (χ0n) is 36.6. The van der Waals surface area contributed by atoms with Gasteiger partial charge in [0, 0.05) is 12.8 Å². The van der Waals surface area contributed by atoms with Crippen LogP contribution in [0.5, 0.6) is 0 Å². The van der Waals surface area contributed by atoms with Crippen LogP contribution in [0.25, 0.3) is 0 Å². The zero-order chi connectivity index (χ0) is 41.6. The standard InChI is InChI=1S/C47H88O10/c1-3-5-7-9-11-13-15-16-17-18-19-20-21-22-23-24-25-26-28-29-31-33-35-42(49)54-38-40(39-55-47-46(53)45(52)44(51)41(37-48)57-47)56-43(50)36-34-32-30-27-14-12-10-8-6-4-2/h8,10,40-41,44-48,51-53H,3-7,9,11-39H2,1-2H3/b10-8-. The number of carbonyl (C=O) groups is 2. The first-order valence-electron chi connectivity index (χ1n) is 23.8. The number of aliphatic hydroxyl groups excluding tert-OH is 4. The third-order valence-corrected chi connectivity index (χ3v) is 11.1. The lowest BCUT2D eigenvalue weighted by atomic mass is 9.99. The largest absolute Gasteiger partial charge is 0.462 e. The number of aliphatic hydroxyl groups is 4. The summed E-state index contributed by atoms with van der Waals surface area (Å²) < 4.78 is 22.1. The SMILES string of the molecule is CCC/C=C\CCCCCCCC(=O)OC(COC(=O)CCCCCCCCCCCCCCCCCCCCCCCC)COC1OC(CO)C(O)C(O)C1O. The molecule has 1 aliphatic heterocycles. The molecule has 0 aliphatic carbocycles. The molecule has 10 nitrogen and oxygen atoms in total. The molecule has 0 aromatic heterocycles. The summed E-state index contributed by atoms with van der Waals surface area (Å²) >= 11 is 0. The van der Waals surface area contributed by atoms with E-state index < -0.39 is 49.4 Å². The molecule has 336 valence electrons. The molecule has 1 rings (SSSR count). The lowest BCUT2D eigenvalue weighted by Crippen LogP contribution is -2.59. The maximum absolute atomic E-state index is 12.7. The van der Waals surface area contributed by atoms with Crippen LogP contribution in [0.15, 0.2) is 12.2 Å². The highest BCUT2D eigenvalue weighted by Crippen LogP contribution is 2.23. The summed E-state index contributed by atoms with van der Waals surface area (Å²) in [6, 6.07) is 0. The lowest BCUT2D eigenvalue weighted by Gasteiger charge is -2.39. The fourth-order valence-electron chi connectivity index (χ4n) is 7.37. The van der Waals surface area contributed by atoms with Crippen molar-refractivity contribution in [2.45, 2.75) is 256 Å². The molecule has 10 heteroatoms. The predicted molar refractivity (Wildman–Crippen MR) is 229 cm³/mol. The van der Waals surface area contributed by atoms with Gasteiger partial charge in [-0.25, -0.2) is 0 Å². The number of ether oxygens (including phenoxy) is 4. The second kappa shape index (κ2) is 38.6. The summed E-state index contributed by atoms with van der Waals surface area (Å²) in [7, 11) is 0. The number of hydrogen-bond acceptors (Lipinski definition) is 10. The van der Waals surface area contributed by atoms with Gasteiger partial charge in [-0.1, -0.05) is 187 Å². The Morgan fingerprint density at radius 2 is 0.965 bits per heavy atom. The molecule has 1 fully saturated rings. The Balaban J connectivity index is 2.21. The Bertz CT molecular complexity index is 943. The molecule has 0 aromatic rings. The third kappa shape index (κ3) is 30.2. The molecule has 57 heavy (non-hydrogen) atoms. The first kappa shape index (κ1) is 53.5. The monoisotopic (exact) mass is 813 g/mol. The molecule has 0 spiro atoms. The average Bonchev–Trinajstić information content (AvgIpc) is 3.21. The van der Waals surface area contributed by atoms with Crippen molar-refractivity contribution in [3.63, 3.8) is 0 Å². The van der Waals surface area contributed by atoms with Crippen LogP contribution in [0.2, 0.25) is 0 Å². The van der Waals surface area contributed by atoms with E-state index in [1.54, 1.807) is 0 Å². The molecule has 1 aliphatic rings. The molecule has 0 saturated carbocycles. The van der Waals surface area contributed by atoms with E-state index in [9.17, 15) is 30.0 Å². The summed E-state index contributed by atoms with van der Waals surface area (Å²) in [5.74, 6) is -0.808. The Kier molecular flexibility index (Phi) is 36.2. The summed E-state index contributed by atoms with van der Waals surface area (Å²) in [6.07, 6.45) is 33.8. The van der Waals surface area contributed by atoms with Crippen LogP contribution in [0, 0.1) is 0 Å². The highest BCUT2D eigenvalue weighted by molar-refractivity contribution is 5.70. The van der Waals surface area contributed by atoms with Gasteiger partial charge in [-0.15, -0.1) is 0 Å². The summed E-state index contributed by atoms with van der Waals surface area (Å²) in [5, 5.41) is 40.0. The van der Waals surface area contributed by atoms with Crippen LogP contribution in [-0.4, -0.2) is 89.0 Å². The normalized spacial score (nSPS) is 20.3. The van der Waals surface area contributed by atoms with Crippen molar-refractivity contribution >= 4 is 11.9 Å².